The second-order valence-electron chi connectivity index (χ2n) is 7.48. The topological polar surface area (TPSA) is 23.6 Å². The second kappa shape index (κ2) is 7.81. The van der Waals surface area contributed by atoms with Gasteiger partial charge in [-0.2, -0.15) is 0 Å². The summed E-state index contributed by atoms with van der Waals surface area (Å²) in [7, 11) is 0. The van der Waals surface area contributed by atoms with Crippen LogP contribution in [0.2, 0.25) is 5.02 Å². The molecule has 2 aromatic carbocycles. The molecule has 0 aliphatic carbocycles. The molecule has 4 rings (SSSR count). The van der Waals surface area contributed by atoms with Gasteiger partial charge in [0.25, 0.3) is 0 Å². The van der Waals surface area contributed by atoms with Crippen LogP contribution in [0.25, 0.3) is 0 Å². The molecule has 0 radical (unpaired) electrons. The molecule has 2 aliphatic rings. The predicted molar refractivity (Wildman–Crippen MR) is 105 cm³/mol. The van der Waals surface area contributed by atoms with Gasteiger partial charge in [-0.15, -0.1) is 0 Å². The first-order chi connectivity index (χ1) is 12.7. The zero-order valence-corrected chi connectivity index (χ0v) is 15.8. The van der Waals surface area contributed by atoms with Crippen LogP contribution in [0.3, 0.4) is 0 Å². The average Bonchev–Trinajstić information content (AvgIpc) is 2.69. The number of carbonyl (C=O) groups excluding carboxylic acids is 1. The number of benzene rings is 2. The van der Waals surface area contributed by atoms with Crippen molar-refractivity contribution < 1.29 is 4.79 Å². The molecule has 0 bridgehead atoms. The zero-order chi connectivity index (χ0) is 17.9. The number of carbonyl (C=O) groups is 1. The minimum atomic E-state index is 0.126. The summed E-state index contributed by atoms with van der Waals surface area (Å²) in [6, 6.07) is 16.5. The number of rotatable bonds is 3. The van der Waals surface area contributed by atoms with Crippen LogP contribution in [0.1, 0.15) is 29.5 Å². The van der Waals surface area contributed by atoms with E-state index in [1.807, 2.05) is 12.1 Å². The fourth-order valence-electron chi connectivity index (χ4n) is 4.19. The Labute approximate surface area is 160 Å². The van der Waals surface area contributed by atoms with Gasteiger partial charge >= 0.3 is 0 Å². The van der Waals surface area contributed by atoms with Gasteiger partial charge in [0.05, 0.1) is 5.92 Å². The van der Waals surface area contributed by atoms with Crippen LogP contribution in [-0.4, -0.2) is 35.3 Å². The van der Waals surface area contributed by atoms with Crippen molar-refractivity contribution in [2.24, 2.45) is 5.92 Å². The fourth-order valence-corrected chi connectivity index (χ4v) is 4.32. The Morgan fingerprint density at radius 3 is 2.62 bits per heavy atom. The number of halogens is 1. The molecule has 2 aromatic rings. The molecule has 4 heteroatoms. The second-order valence-corrected chi connectivity index (χ2v) is 7.92. The van der Waals surface area contributed by atoms with Crippen LogP contribution in [-0.2, 0) is 24.3 Å². The standard InChI is InChI=1S/C22H25ClN2O/c23-21-9-7-17(8-10-21)14-24-12-3-6-20(15-24)22(26)25-13-11-18-4-1-2-5-19(18)16-25/h1-2,4-5,7-10,20H,3,6,11-16H2/t20-/m1/s1. The van der Waals surface area contributed by atoms with Crippen LogP contribution in [0, 0.1) is 5.92 Å². The Balaban J connectivity index is 1.38. The van der Waals surface area contributed by atoms with Gasteiger partial charge in [0, 0.05) is 31.2 Å². The molecule has 0 spiro atoms. The molecule has 0 N–H and O–H groups in total. The highest BCUT2D eigenvalue weighted by atomic mass is 35.5. The number of nitrogens with zero attached hydrogens (tertiary/aromatic N) is 2. The molecule has 0 aromatic heterocycles. The number of likely N-dealkylation sites (tertiary alicyclic amines) is 1. The third kappa shape index (κ3) is 3.94. The Morgan fingerprint density at radius 2 is 1.81 bits per heavy atom. The predicted octanol–water partition coefficient (Wildman–Crippen LogP) is 4.14. The maximum absolute atomic E-state index is 13.1. The minimum Gasteiger partial charge on any atom is -0.338 e. The van der Waals surface area contributed by atoms with Gasteiger partial charge in [0.2, 0.25) is 5.91 Å². The lowest BCUT2D eigenvalue weighted by Gasteiger charge is -2.36. The van der Waals surface area contributed by atoms with E-state index in [-0.39, 0.29) is 5.92 Å². The van der Waals surface area contributed by atoms with Crippen molar-refractivity contribution in [1.82, 2.24) is 9.80 Å². The highest BCUT2D eigenvalue weighted by molar-refractivity contribution is 6.30. The van der Waals surface area contributed by atoms with E-state index in [2.05, 4.69) is 46.2 Å². The molecule has 2 heterocycles. The van der Waals surface area contributed by atoms with Gasteiger partial charge < -0.3 is 4.90 Å². The Kier molecular flexibility index (Phi) is 5.28. The van der Waals surface area contributed by atoms with E-state index in [1.165, 1.54) is 16.7 Å². The van der Waals surface area contributed by atoms with Gasteiger partial charge in [0.15, 0.2) is 0 Å². The first-order valence-electron chi connectivity index (χ1n) is 9.51. The molecule has 3 nitrogen and oxygen atoms in total. The summed E-state index contributed by atoms with van der Waals surface area (Å²) in [5.41, 5.74) is 3.96. The van der Waals surface area contributed by atoms with Crippen LogP contribution in [0.4, 0.5) is 0 Å². The molecule has 1 saturated heterocycles. The van der Waals surface area contributed by atoms with E-state index in [0.29, 0.717) is 5.91 Å². The van der Waals surface area contributed by atoms with Gasteiger partial charge in [-0.3, -0.25) is 9.69 Å². The Hall–Kier alpha value is -1.84. The van der Waals surface area contributed by atoms with Crippen molar-refractivity contribution >= 4 is 17.5 Å². The molecular formula is C22H25ClN2O. The van der Waals surface area contributed by atoms with E-state index in [0.717, 1.165) is 57.0 Å². The molecule has 26 heavy (non-hydrogen) atoms. The quantitative estimate of drug-likeness (QED) is 0.813. The van der Waals surface area contributed by atoms with Crippen molar-refractivity contribution in [2.75, 3.05) is 19.6 Å². The normalized spacial score (nSPS) is 20.7. The largest absolute Gasteiger partial charge is 0.338 e. The minimum absolute atomic E-state index is 0.126. The SMILES string of the molecule is O=C([C@@H]1CCCN(Cc2ccc(Cl)cc2)C1)N1CCc2ccccc2C1. The fraction of sp³-hybridized carbons (Fsp3) is 0.409. The van der Waals surface area contributed by atoms with Gasteiger partial charge in [-0.05, 0) is 54.6 Å². The summed E-state index contributed by atoms with van der Waals surface area (Å²) in [6.07, 6.45) is 3.08. The smallest absolute Gasteiger partial charge is 0.227 e. The van der Waals surface area contributed by atoms with E-state index >= 15 is 0 Å². The third-order valence-corrected chi connectivity index (χ3v) is 5.87. The van der Waals surface area contributed by atoms with Gasteiger partial charge in [-0.25, -0.2) is 0 Å². The number of fused-ring (bicyclic) bond motifs is 1. The van der Waals surface area contributed by atoms with Crippen molar-refractivity contribution in [3.8, 4) is 0 Å². The van der Waals surface area contributed by atoms with Crippen molar-refractivity contribution in [1.29, 1.82) is 0 Å². The van der Waals surface area contributed by atoms with Crippen molar-refractivity contribution in [2.45, 2.75) is 32.4 Å². The summed E-state index contributed by atoms with van der Waals surface area (Å²) >= 11 is 5.98. The number of hydrogen-bond acceptors (Lipinski definition) is 2. The maximum atomic E-state index is 13.1. The summed E-state index contributed by atoms with van der Waals surface area (Å²) in [5, 5.41) is 0.769. The molecule has 1 amide bonds. The van der Waals surface area contributed by atoms with Gasteiger partial charge in [0.1, 0.15) is 0 Å². The number of hydrogen-bond donors (Lipinski definition) is 0. The molecule has 136 valence electrons. The maximum Gasteiger partial charge on any atom is 0.227 e. The van der Waals surface area contributed by atoms with E-state index in [9.17, 15) is 4.79 Å². The molecule has 0 unspecified atom stereocenters. The lowest BCUT2D eigenvalue weighted by Crippen LogP contribution is -2.46. The molecule has 0 saturated carbocycles. The van der Waals surface area contributed by atoms with Crippen LogP contribution in [0.5, 0.6) is 0 Å². The monoisotopic (exact) mass is 368 g/mol. The van der Waals surface area contributed by atoms with Crippen LogP contribution >= 0.6 is 11.6 Å². The van der Waals surface area contributed by atoms with Gasteiger partial charge in [-0.1, -0.05) is 48.0 Å². The highest BCUT2D eigenvalue weighted by Gasteiger charge is 2.30. The Morgan fingerprint density at radius 1 is 1.04 bits per heavy atom. The van der Waals surface area contributed by atoms with Crippen molar-refractivity contribution in [3.05, 3.63) is 70.2 Å². The van der Waals surface area contributed by atoms with Crippen LogP contribution < -0.4 is 0 Å². The van der Waals surface area contributed by atoms with E-state index in [4.69, 9.17) is 11.6 Å². The highest BCUT2D eigenvalue weighted by Crippen LogP contribution is 2.25. The van der Waals surface area contributed by atoms with Crippen LogP contribution in [0.15, 0.2) is 48.5 Å². The number of piperidine rings is 1. The summed E-state index contributed by atoms with van der Waals surface area (Å²) in [5.74, 6) is 0.460. The van der Waals surface area contributed by atoms with E-state index < -0.39 is 0 Å². The molecular weight excluding hydrogens is 344 g/mol. The molecule has 1 fully saturated rings. The first-order valence-corrected chi connectivity index (χ1v) is 9.89. The summed E-state index contributed by atoms with van der Waals surface area (Å²) < 4.78 is 0. The zero-order valence-electron chi connectivity index (χ0n) is 15.0. The average molecular weight is 369 g/mol. The summed E-state index contributed by atoms with van der Waals surface area (Å²) in [4.78, 5) is 17.6. The first kappa shape index (κ1) is 17.6. The molecule has 2 aliphatic heterocycles. The van der Waals surface area contributed by atoms with Crippen molar-refractivity contribution in [3.63, 3.8) is 0 Å². The third-order valence-electron chi connectivity index (χ3n) is 5.62. The lowest BCUT2D eigenvalue weighted by atomic mass is 9.93. The molecule has 1 atom stereocenters. The van der Waals surface area contributed by atoms with E-state index in [1.54, 1.807) is 0 Å². The lowest BCUT2D eigenvalue weighted by molar-refractivity contribution is -0.138. The number of amides is 1. The summed E-state index contributed by atoms with van der Waals surface area (Å²) in [6.45, 7) is 4.44. The Bertz CT molecular complexity index is 774.